The number of aryl methyl sites for hydroxylation is 1. The van der Waals surface area contributed by atoms with Crippen molar-refractivity contribution in [3.63, 3.8) is 0 Å². The Morgan fingerprint density at radius 1 is 1.10 bits per heavy atom. The van der Waals surface area contributed by atoms with Gasteiger partial charge in [-0.25, -0.2) is 0 Å². The Hall–Kier alpha value is -1.20. The molecule has 0 radical (unpaired) electrons. The standard InChI is InChI=1S/C16H20O4S/c1-12-4-6-13(7-5-12)21(18,19)20-14-8-11-16(15(14)17)9-2-3-10-16/h4-7,14H,2-3,8-11H2,1H3. The summed E-state index contributed by atoms with van der Waals surface area (Å²) in [6.45, 7) is 1.89. The molecular formula is C16H20O4S. The fourth-order valence-electron chi connectivity index (χ4n) is 3.56. The summed E-state index contributed by atoms with van der Waals surface area (Å²) >= 11 is 0. The third kappa shape index (κ3) is 2.64. The van der Waals surface area contributed by atoms with Crippen LogP contribution in [0.1, 0.15) is 44.1 Å². The van der Waals surface area contributed by atoms with E-state index in [0.29, 0.717) is 6.42 Å². The Bertz CT molecular complexity index is 639. The van der Waals surface area contributed by atoms with Crippen molar-refractivity contribution in [2.45, 2.75) is 56.4 Å². The van der Waals surface area contributed by atoms with Crippen molar-refractivity contribution in [2.24, 2.45) is 5.41 Å². The molecule has 2 fully saturated rings. The smallest absolute Gasteiger partial charge is 0.296 e. The molecule has 1 unspecified atom stereocenters. The molecule has 0 amide bonds. The van der Waals surface area contributed by atoms with Gasteiger partial charge in [-0.15, -0.1) is 0 Å². The Morgan fingerprint density at radius 3 is 2.33 bits per heavy atom. The van der Waals surface area contributed by atoms with E-state index in [4.69, 9.17) is 4.18 Å². The molecule has 1 atom stereocenters. The van der Waals surface area contributed by atoms with Crippen molar-refractivity contribution >= 4 is 15.9 Å². The van der Waals surface area contributed by atoms with Gasteiger partial charge in [-0.1, -0.05) is 30.5 Å². The zero-order valence-electron chi connectivity index (χ0n) is 12.2. The number of hydrogen-bond donors (Lipinski definition) is 0. The van der Waals surface area contributed by atoms with E-state index >= 15 is 0 Å². The van der Waals surface area contributed by atoms with E-state index in [9.17, 15) is 13.2 Å². The van der Waals surface area contributed by atoms with Crippen LogP contribution in [0.25, 0.3) is 0 Å². The van der Waals surface area contributed by atoms with E-state index < -0.39 is 16.2 Å². The van der Waals surface area contributed by atoms with Gasteiger partial charge in [0.25, 0.3) is 10.1 Å². The first-order valence-corrected chi connectivity index (χ1v) is 8.88. The average Bonchev–Trinajstić information content (AvgIpc) is 3.03. The van der Waals surface area contributed by atoms with E-state index in [-0.39, 0.29) is 16.1 Å². The molecule has 0 bridgehead atoms. The second-order valence-corrected chi connectivity index (χ2v) is 7.81. The van der Waals surface area contributed by atoms with Gasteiger partial charge in [0.05, 0.1) is 4.90 Å². The predicted molar refractivity (Wildman–Crippen MR) is 78.4 cm³/mol. The second-order valence-electron chi connectivity index (χ2n) is 6.24. The number of rotatable bonds is 3. The Labute approximate surface area is 125 Å². The highest BCUT2D eigenvalue weighted by molar-refractivity contribution is 7.86. The molecule has 3 rings (SSSR count). The van der Waals surface area contributed by atoms with Crippen molar-refractivity contribution < 1.29 is 17.4 Å². The van der Waals surface area contributed by atoms with Crippen LogP contribution in [-0.2, 0) is 19.1 Å². The van der Waals surface area contributed by atoms with E-state index in [2.05, 4.69) is 0 Å². The van der Waals surface area contributed by atoms with E-state index in [0.717, 1.165) is 37.7 Å². The third-order valence-electron chi connectivity index (χ3n) is 4.81. The first-order chi connectivity index (χ1) is 9.93. The SMILES string of the molecule is Cc1ccc(S(=O)(=O)OC2CCC3(CCCC3)C2=O)cc1. The molecule has 1 aromatic carbocycles. The maximum Gasteiger partial charge on any atom is 0.297 e. The largest absolute Gasteiger partial charge is 0.297 e. The van der Waals surface area contributed by atoms with Crippen molar-refractivity contribution in [1.29, 1.82) is 0 Å². The van der Waals surface area contributed by atoms with Crippen LogP contribution in [0.15, 0.2) is 29.2 Å². The summed E-state index contributed by atoms with van der Waals surface area (Å²) in [5.41, 5.74) is 0.684. The Balaban J connectivity index is 1.77. The molecule has 2 aliphatic rings. The lowest BCUT2D eigenvalue weighted by Crippen LogP contribution is -2.31. The number of hydrogen-bond acceptors (Lipinski definition) is 4. The molecule has 0 heterocycles. The molecule has 21 heavy (non-hydrogen) atoms. The van der Waals surface area contributed by atoms with Crippen LogP contribution in [0.3, 0.4) is 0 Å². The maximum absolute atomic E-state index is 12.5. The van der Waals surface area contributed by atoms with Gasteiger partial charge in [0.1, 0.15) is 6.10 Å². The van der Waals surface area contributed by atoms with E-state index in [1.807, 2.05) is 6.92 Å². The van der Waals surface area contributed by atoms with Crippen molar-refractivity contribution in [2.75, 3.05) is 0 Å². The van der Waals surface area contributed by atoms with Gasteiger partial charge in [-0.3, -0.25) is 8.98 Å². The molecule has 0 N–H and O–H groups in total. The number of ketones is 1. The minimum absolute atomic E-state index is 0.00399. The zero-order valence-corrected chi connectivity index (χ0v) is 13.0. The molecule has 0 aromatic heterocycles. The fraction of sp³-hybridized carbons (Fsp3) is 0.562. The normalized spacial score (nSPS) is 24.8. The lowest BCUT2D eigenvalue weighted by atomic mass is 9.83. The van der Waals surface area contributed by atoms with Gasteiger partial charge in [0.2, 0.25) is 0 Å². The van der Waals surface area contributed by atoms with Crippen LogP contribution in [0.4, 0.5) is 0 Å². The molecule has 114 valence electrons. The van der Waals surface area contributed by atoms with E-state index in [1.165, 1.54) is 12.1 Å². The molecule has 0 saturated heterocycles. The zero-order chi connectivity index (χ0) is 15.1. The average molecular weight is 308 g/mol. The van der Waals surface area contributed by atoms with Crippen LogP contribution in [0.5, 0.6) is 0 Å². The number of benzene rings is 1. The second kappa shape index (κ2) is 5.21. The summed E-state index contributed by atoms with van der Waals surface area (Å²) in [5.74, 6) is -0.00399. The summed E-state index contributed by atoms with van der Waals surface area (Å²) in [6.07, 6.45) is 4.37. The highest BCUT2D eigenvalue weighted by Crippen LogP contribution is 2.49. The topological polar surface area (TPSA) is 60.4 Å². The molecule has 5 heteroatoms. The number of Topliss-reactive ketones (excluding diaryl/α,β-unsaturated/α-hetero) is 1. The van der Waals surface area contributed by atoms with Crippen molar-refractivity contribution in [3.8, 4) is 0 Å². The van der Waals surface area contributed by atoms with Crippen LogP contribution in [0, 0.1) is 12.3 Å². The van der Waals surface area contributed by atoms with Crippen LogP contribution in [0.2, 0.25) is 0 Å². The highest BCUT2D eigenvalue weighted by Gasteiger charge is 2.50. The molecule has 2 saturated carbocycles. The van der Waals surface area contributed by atoms with Crippen LogP contribution in [-0.4, -0.2) is 20.3 Å². The third-order valence-corrected chi connectivity index (χ3v) is 6.15. The van der Waals surface area contributed by atoms with Gasteiger partial charge >= 0.3 is 0 Å². The quantitative estimate of drug-likeness (QED) is 0.805. The number of carbonyl (C=O) groups excluding carboxylic acids is 1. The first kappa shape index (κ1) is 14.7. The summed E-state index contributed by atoms with van der Waals surface area (Å²) in [5, 5.41) is 0. The van der Waals surface area contributed by atoms with Gasteiger partial charge in [0.15, 0.2) is 5.78 Å². The molecule has 1 spiro atoms. The Kier molecular flexibility index (Phi) is 3.66. The maximum atomic E-state index is 12.5. The van der Waals surface area contributed by atoms with E-state index in [1.54, 1.807) is 12.1 Å². The molecule has 1 aromatic rings. The summed E-state index contributed by atoms with van der Waals surface area (Å²) in [4.78, 5) is 12.6. The summed E-state index contributed by atoms with van der Waals surface area (Å²) in [7, 11) is -3.86. The minimum atomic E-state index is -3.86. The predicted octanol–water partition coefficient (Wildman–Crippen LogP) is 2.99. The van der Waals surface area contributed by atoms with Crippen LogP contribution >= 0.6 is 0 Å². The molecular weight excluding hydrogens is 288 g/mol. The monoisotopic (exact) mass is 308 g/mol. The van der Waals surface area contributed by atoms with Crippen LogP contribution < -0.4 is 0 Å². The molecule has 0 aliphatic heterocycles. The van der Waals surface area contributed by atoms with Gasteiger partial charge < -0.3 is 0 Å². The molecule has 4 nitrogen and oxygen atoms in total. The lowest BCUT2D eigenvalue weighted by molar-refractivity contribution is -0.131. The Morgan fingerprint density at radius 2 is 1.71 bits per heavy atom. The first-order valence-electron chi connectivity index (χ1n) is 7.47. The summed E-state index contributed by atoms with van der Waals surface area (Å²) < 4.78 is 29.8. The number of carbonyl (C=O) groups is 1. The van der Waals surface area contributed by atoms with Crippen molar-refractivity contribution in [1.82, 2.24) is 0 Å². The van der Waals surface area contributed by atoms with Gasteiger partial charge in [0, 0.05) is 5.41 Å². The van der Waals surface area contributed by atoms with Gasteiger partial charge in [-0.05, 0) is 44.7 Å². The minimum Gasteiger partial charge on any atom is -0.296 e. The summed E-state index contributed by atoms with van der Waals surface area (Å²) in [6, 6.07) is 6.50. The highest BCUT2D eigenvalue weighted by atomic mass is 32.2. The lowest BCUT2D eigenvalue weighted by Gasteiger charge is -2.20. The van der Waals surface area contributed by atoms with Crippen molar-refractivity contribution in [3.05, 3.63) is 29.8 Å². The molecule has 2 aliphatic carbocycles. The van der Waals surface area contributed by atoms with Gasteiger partial charge in [-0.2, -0.15) is 8.42 Å². The fourth-order valence-corrected chi connectivity index (χ4v) is 4.63.